The maximum absolute atomic E-state index is 13.0. The largest absolute Gasteiger partial charge is 0.338 e. The van der Waals surface area contributed by atoms with Crippen LogP contribution in [0, 0.1) is 0 Å². The van der Waals surface area contributed by atoms with Crippen LogP contribution in [-0.2, 0) is 6.42 Å². The summed E-state index contributed by atoms with van der Waals surface area (Å²) in [5.41, 5.74) is 7.64. The number of hydrogen-bond acceptors (Lipinski definition) is 2. The molecule has 0 aliphatic rings. The number of hydrogen-bond donors (Lipinski definition) is 1. The lowest BCUT2D eigenvalue weighted by atomic mass is 10.0. The summed E-state index contributed by atoms with van der Waals surface area (Å²) >= 11 is 5.97. The van der Waals surface area contributed by atoms with Crippen molar-refractivity contribution in [2.24, 2.45) is 5.73 Å². The fourth-order valence-corrected chi connectivity index (χ4v) is 3.34. The zero-order valence-corrected chi connectivity index (χ0v) is 15.6. The summed E-state index contributed by atoms with van der Waals surface area (Å²) in [6.07, 6.45) is 1.50. The van der Waals surface area contributed by atoms with Crippen molar-refractivity contribution in [3.05, 3.63) is 82.9 Å². The molecule has 1 atom stereocenters. The van der Waals surface area contributed by atoms with Crippen LogP contribution < -0.4 is 5.73 Å². The van der Waals surface area contributed by atoms with E-state index in [0.29, 0.717) is 17.1 Å². The molecule has 0 radical (unpaired) electrons. The lowest BCUT2D eigenvalue weighted by molar-refractivity contribution is 0.0725. The average Bonchev–Trinajstić information content (AvgIpc) is 2.67. The Bertz CT molecular complexity index is 892. The van der Waals surface area contributed by atoms with Crippen molar-refractivity contribution < 1.29 is 4.79 Å². The minimum Gasteiger partial charge on any atom is -0.338 e. The number of carbonyl (C=O) groups is 1. The average molecular weight is 367 g/mol. The molecule has 0 aromatic heterocycles. The van der Waals surface area contributed by atoms with Gasteiger partial charge in [-0.2, -0.15) is 0 Å². The molecule has 0 aliphatic carbocycles. The van der Waals surface area contributed by atoms with Crippen molar-refractivity contribution >= 4 is 28.3 Å². The van der Waals surface area contributed by atoms with Crippen LogP contribution in [0.5, 0.6) is 0 Å². The number of likely N-dealkylation sites (N-methyl/N-ethyl adjacent to an activating group) is 1. The number of rotatable bonds is 6. The molecule has 0 unspecified atom stereocenters. The number of nitrogens with zero attached hydrogens (tertiary/aromatic N) is 1. The molecule has 26 heavy (non-hydrogen) atoms. The lowest BCUT2D eigenvalue weighted by Gasteiger charge is -2.28. The third kappa shape index (κ3) is 4.24. The first kappa shape index (κ1) is 18.4. The van der Waals surface area contributed by atoms with Crippen molar-refractivity contribution in [1.29, 1.82) is 0 Å². The molecule has 3 aromatic carbocycles. The van der Waals surface area contributed by atoms with Gasteiger partial charge in [0.1, 0.15) is 0 Å². The SMILES string of the molecule is CN(C(=O)c1ccc2ccccc2c1)[C@H](CCN)Cc1ccc(Cl)cc1. The van der Waals surface area contributed by atoms with E-state index in [0.717, 1.165) is 29.2 Å². The molecular formula is C22H23ClN2O. The number of amides is 1. The van der Waals surface area contributed by atoms with Gasteiger partial charge in [0.25, 0.3) is 5.91 Å². The van der Waals surface area contributed by atoms with Gasteiger partial charge in [0.2, 0.25) is 0 Å². The third-order valence-corrected chi connectivity index (χ3v) is 5.00. The highest BCUT2D eigenvalue weighted by Gasteiger charge is 2.21. The van der Waals surface area contributed by atoms with Crippen LogP contribution in [0.3, 0.4) is 0 Å². The predicted molar refractivity (Wildman–Crippen MR) is 109 cm³/mol. The summed E-state index contributed by atoms with van der Waals surface area (Å²) in [7, 11) is 1.85. The smallest absolute Gasteiger partial charge is 0.253 e. The van der Waals surface area contributed by atoms with Crippen LogP contribution in [0.15, 0.2) is 66.7 Å². The molecule has 4 heteroatoms. The fraction of sp³-hybridized carbons (Fsp3) is 0.227. The molecule has 0 bridgehead atoms. The summed E-state index contributed by atoms with van der Waals surface area (Å²) < 4.78 is 0. The van der Waals surface area contributed by atoms with Crippen molar-refractivity contribution in [3.8, 4) is 0 Å². The van der Waals surface area contributed by atoms with Gasteiger partial charge in [0.15, 0.2) is 0 Å². The molecule has 3 rings (SSSR count). The van der Waals surface area contributed by atoms with E-state index in [9.17, 15) is 4.79 Å². The maximum atomic E-state index is 13.0. The Balaban J connectivity index is 1.81. The first-order valence-corrected chi connectivity index (χ1v) is 9.17. The summed E-state index contributed by atoms with van der Waals surface area (Å²) in [4.78, 5) is 14.8. The second-order valence-corrected chi connectivity index (χ2v) is 6.98. The summed E-state index contributed by atoms with van der Waals surface area (Å²) in [5.74, 6) is 0.0168. The van der Waals surface area contributed by atoms with Crippen LogP contribution in [0.2, 0.25) is 5.02 Å². The molecule has 3 aromatic rings. The maximum Gasteiger partial charge on any atom is 0.253 e. The van der Waals surface area contributed by atoms with Crippen LogP contribution in [0.25, 0.3) is 10.8 Å². The Morgan fingerprint density at radius 3 is 2.42 bits per heavy atom. The predicted octanol–water partition coefficient (Wildman–Crippen LogP) is 4.53. The number of halogens is 1. The number of benzene rings is 3. The molecular weight excluding hydrogens is 344 g/mol. The highest BCUT2D eigenvalue weighted by atomic mass is 35.5. The van der Waals surface area contributed by atoms with Gasteiger partial charge in [-0.15, -0.1) is 0 Å². The molecule has 0 saturated heterocycles. The minimum atomic E-state index is 0.0168. The molecule has 0 heterocycles. The van der Waals surface area contributed by atoms with Gasteiger partial charge < -0.3 is 10.6 Å². The Labute approximate surface area is 159 Å². The normalized spacial score (nSPS) is 12.1. The lowest BCUT2D eigenvalue weighted by Crippen LogP contribution is -2.39. The first-order valence-electron chi connectivity index (χ1n) is 8.79. The van der Waals surface area contributed by atoms with E-state index in [2.05, 4.69) is 0 Å². The summed E-state index contributed by atoms with van der Waals surface area (Å²) in [6, 6.07) is 21.7. The molecule has 0 aliphatic heterocycles. The molecule has 0 fully saturated rings. The highest BCUT2D eigenvalue weighted by molar-refractivity contribution is 6.30. The Hall–Kier alpha value is -2.36. The van der Waals surface area contributed by atoms with Crippen LogP contribution in [-0.4, -0.2) is 30.4 Å². The number of nitrogens with two attached hydrogens (primary N) is 1. The van der Waals surface area contributed by atoms with Crippen molar-refractivity contribution in [3.63, 3.8) is 0 Å². The van der Waals surface area contributed by atoms with E-state index >= 15 is 0 Å². The monoisotopic (exact) mass is 366 g/mol. The molecule has 134 valence electrons. The van der Waals surface area contributed by atoms with Gasteiger partial charge in [-0.05, 0) is 60.0 Å². The zero-order valence-electron chi connectivity index (χ0n) is 14.9. The van der Waals surface area contributed by atoms with E-state index in [4.69, 9.17) is 17.3 Å². The van der Waals surface area contributed by atoms with E-state index < -0.39 is 0 Å². The highest BCUT2D eigenvalue weighted by Crippen LogP contribution is 2.19. The Morgan fingerprint density at radius 1 is 1.04 bits per heavy atom. The molecule has 0 saturated carbocycles. The molecule has 0 spiro atoms. The van der Waals surface area contributed by atoms with Gasteiger partial charge in [-0.25, -0.2) is 0 Å². The first-order chi connectivity index (χ1) is 12.6. The summed E-state index contributed by atoms with van der Waals surface area (Å²) in [5, 5.41) is 2.91. The van der Waals surface area contributed by atoms with Crippen LogP contribution in [0.4, 0.5) is 0 Å². The fourth-order valence-electron chi connectivity index (χ4n) is 3.21. The zero-order chi connectivity index (χ0) is 18.5. The van der Waals surface area contributed by atoms with Gasteiger partial charge in [-0.1, -0.05) is 54.1 Å². The van der Waals surface area contributed by atoms with Crippen molar-refractivity contribution in [1.82, 2.24) is 4.90 Å². The van der Waals surface area contributed by atoms with Gasteiger partial charge in [0.05, 0.1) is 0 Å². The van der Waals surface area contributed by atoms with E-state index in [1.807, 2.05) is 78.7 Å². The van der Waals surface area contributed by atoms with Gasteiger partial charge in [-0.3, -0.25) is 4.79 Å². The van der Waals surface area contributed by atoms with Crippen molar-refractivity contribution in [2.75, 3.05) is 13.6 Å². The van der Waals surface area contributed by atoms with E-state index in [-0.39, 0.29) is 11.9 Å². The molecule has 3 nitrogen and oxygen atoms in total. The number of carbonyl (C=O) groups excluding carboxylic acids is 1. The number of fused-ring (bicyclic) bond motifs is 1. The van der Waals surface area contributed by atoms with E-state index in [1.54, 1.807) is 0 Å². The van der Waals surface area contributed by atoms with E-state index in [1.165, 1.54) is 0 Å². The topological polar surface area (TPSA) is 46.3 Å². The van der Waals surface area contributed by atoms with Crippen molar-refractivity contribution in [2.45, 2.75) is 18.9 Å². The standard InChI is InChI=1S/C22H23ClN2O/c1-25(21(12-13-24)14-16-6-10-20(23)11-7-16)22(26)19-9-8-17-4-2-3-5-18(17)15-19/h2-11,15,21H,12-14,24H2,1H3/t21-/m1/s1. The Kier molecular flexibility index (Phi) is 5.92. The third-order valence-electron chi connectivity index (χ3n) is 4.75. The minimum absolute atomic E-state index is 0.0168. The van der Waals surface area contributed by atoms with Gasteiger partial charge >= 0.3 is 0 Å². The quantitative estimate of drug-likeness (QED) is 0.696. The van der Waals surface area contributed by atoms with Crippen LogP contribution >= 0.6 is 11.6 Å². The second-order valence-electron chi connectivity index (χ2n) is 6.54. The summed E-state index contributed by atoms with van der Waals surface area (Å²) in [6.45, 7) is 0.535. The second kappa shape index (κ2) is 8.35. The van der Waals surface area contributed by atoms with Gasteiger partial charge in [0, 0.05) is 23.7 Å². The molecule has 1 amide bonds. The van der Waals surface area contributed by atoms with Crippen LogP contribution in [0.1, 0.15) is 22.3 Å². The molecule has 2 N–H and O–H groups in total. The Morgan fingerprint density at radius 2 is 1.73 bits per heavy atom.